The van der Waals surface area contributed by atoms with Gasteiger partial charge in [-0.25, -0.2) is 32.2 Å². The maximum atomic E-state index is 14.2. The lowest BCUT2D eigenvalue weighted by atomic mass is 10.0. The summed E-state index contributed by atoms with van der Waals surface area (Å²) in [5.74, 6) is -2.36. The van der Waals surface area contributed by atoms with E-state index < -0.39 is 26.6 Å². The number of nitrogens with zero attached hydrogens (tertiary/aromatic N) is 4. The number of fused-ring (bicyclic) bond motifs is 6. The lowest BCUT2D eigenvalue weighted by Crippen LogP contribution is -2.36. The molecule has 0 aliphatic carbocycles. The Morgan fingerprint density at radius 1 is 1.00 bits per heavy atom. The van der Waals surface area contributed by atoms with Gasteiger partial charge in [0.2, 0.25) is 5.28 Å². The van der Waals surface area contributed by atoms with E-state index in [1.54, 1.807) is 18.3 Å². The molecule has 36 heavy (non-hydrogen) atoms. The Kier molecular flexibility index (Phi) is 5.63. The number of halogens is 3. The number of sulfonamides is 1. The van der Waals surface area contributed by atoms with Gasteiger partial charge in [0.1, 0.15) is 11.6 Å². The SMILES string of the molecule is O=S(=O)(Nc1ccc2c3cnc(Cl)nc3c3sc(N4CCOCC4)nc3c2c1)c1c(F)cccc1F. The summed E-state index contributed by atoms with van der Waals surface area (Å²) in [6.45, 7) is 2.54. The van der Waals surface area contributed by atoms with Crippen molar-refractivity contribution in [2.45, 2.75) is 4.90 Å². The molecule has 184 valence electrons. The highest BCUT2D eigenvalue weighted by atomic mass is 35.5. The van der Waals surface area contributed by atoms with Gasteiger partial charge in [0.15, 0.2) is 10.0 Å². The van der Waals surface area contributed by atoms with Crippen molar-refractivity contribution in [1.29, 1.82) is 0 Å². The molecule has 13 heteroatoms. The summed E-state index contributed by atoms with van der Waals surface area (Å²) >= 11 is 7.55. The molecular weight excluding hydrogens is 532 g/mol. The van der Waals surface area contributed by atoms with Gasteiger partial charge < -0.3 is 9.64 Å². The molecule has 0 saturated carbocycles. The van der Waals surface area contributed by atoms with Gasteiger partial charge in [0, 0.05) is 35.7 Å². The minimum Gasteiger partial charge on any atom is -0.378 e. The predicted octanol–water partition coefficient (Wildman–Crippen LogP) is 4.96. The van der Waals surface area contributed by atoms with Gasteiger partial charge in [-0.2, -0.15) is 0 Å². The molecule has 0 radical (unpaired) electrons. The van der Waals surface area contributed by atoms with Crippen LogP contribution in [-0.2, 0) is 14.8 Å². The first kappa shape index (κ1) is 23.2. The summed E-state index contributed by atoms with van der Waals surface area (Å²) in [6, 6.07) is 7.67. The number of morpholine rings is 1. The first-order chi connectivity index (χ1) is 17.3. The molecule has 3 aromatic carbocycles. The zero-order valence-electron chi connectivity index (χ0n) is 18.3. The van der Waals surface area contributed by atoms with Crippen LogP contribution in [0.5, 0.6) is 0 Å². The molecule has 0 spiro atoms. The molecule has 0 unspecified atom stereocenters. The summed E-state index contributed by atoms with van der Waals surface area (Å²) < 4.78 is 62.6. The van der Waals surface area contributed by atoms with Crippen LogP contribution >= 0.6 is 22.9 Å². The molecule has 3 heterocycles. The van der Waals surface area contributed by atoms with Gasteiger partial charge in [-0.15, -0.1) is 0 Å². The molecule has 0 bridgehead atoms. The number of hydrogen-bond acceptors (Lipinski definition) is 8. The van der Waals surface area contributed by atoms with E-state index in [4.69, 9.17) is 21.3 Å². The van der Waals surface area contributed by atoms with Crippen LogP contribution in [0.4, 0.5) is 19.6 Å². The summed E-state index contributed by atoms with van der Waals surface area (Å²) in [5, 5.41) is 2.95. The number of aromatic nitrogens is 3. The fourth-order valence-electron chi connectivity index (χ4n) is 4.26. The van der Waals surface area contributed by atoms with Crippen molar-refractivity contribution in [3.05, 3.63) is 59.5 Å². The van der Waals surface area contributed by atoms with Gasteiger partial charge in [-0.05, 0) is 41.3 Å². The monoisotopic (exact) mass is 547 g/mol. The average molecular weight is 548 g/mol. The molecule has 1 N–H and O–H groups in total. The highest BCUT2D eigenvalue weighted by Gasteiger charge is 2.25. The first-order valence-corrected chi connectivity index (χ1v) is 13.5. The van der Waals surface area contributed by atoms with Crippen LogP contribution in [0, 0.1) is 11.6 Å². The fourth-order valence-corrected chi connectivity index (χ4v) is 6.71. The molecule has 1 aliphatic rings. The van der Waals surface area contributed by atoms with Crippen LogP contribution in [0.2, 0.25) is 5.28 Å². The van der Waals surface area contributed by atoms with E-state index >= 15 is 0 Å². The Hall–Kier alpha value is -3.19. The zero-order chi connectivity index (χ0) is 25.0. The van der Waals surface area contributed by atoms with Crippen LogP contribution in [0.15, 0.2) is 47.5 Å². The largest absolute Gasteiger partial charge is 0.378 e. The van der Waals surface area contributed by atoms with E-state index in [2.05, 4.69) is 19.6 Å². The van der Waals surface area contributed by atoms with Gasteiger partial charge in [0.25, 0.3) is 10.0 Å². The third kappa shape index (κ3) is 3.90. The van der Waals surface area contributed by atoms with Gasteiger partial charge in [-0.1, -0.05) is 23.5 Å². The van der Waals surface area contributed by atoms with Crippen LogP contribution in [-0.4, -0.2) is 49.7 Å². The van der Waals surface area contributed by atoms with Gasteiger partial charge >= 0.3 is 0 Å². The molecule has 0 amide bonds. The van der Waals surface area contributed by atoms with E-state index in [0.29, 0.717) is 48.1 Å². The Morgan fingerprint density at radius 2 is 1.72 bits per heavy atom. The highest BCUT2D eigenvalue weighted by molar-refractivity contribution is 7.92. The third-order valence-corrected chi connectivity index (χ3v) is 8.61. The second-order valence-corrected chi connectivity index (χ2v) is 11.0. The van der Waals surface area contributed by atoms with Crippen molar-refractivity contribution < 1.29 is 21.9 Å². The second kappa shape index (κ2) is 8.73. The van der Waals surface area contributed by atoms with Crippen molar-refractivity contribution in [1.82, 2.24) is 15.0 Å². The topological polar surface area (TPSA) is 97.3 Å². The lowest BCUT2D eigenvalue weighted by Gasteiger charge is -2.25. The molecular formula is C23H16ClF2N5O3S2. The fraction of sp³-hybridized carbons (Fsp3) is 0.174. The smallest absolute Gasteiger partial charge is 0.267 e. The number of ether oxygens (including phenoxy) is 1. The molecule has 5 aromatic rings. The standard InChI is InChI=1S/C23H16ClF2N5O3S2/c24-22-27-11-15-13-5-4-12(30-36(32,33)21-16(25)2-1-3-17(21)26)10-14(13)18-20(19(15)28-22)35-23(29-18)31-6-8-34-9-7-31/h1-5,10-11,30H,6-9H2. The normalized spacial score (nSPS) is 14.7. The van der Waals surface area contributed by atoms with E-state index in [-0.39, 0.29) is 11.0 Å². The molecule has 6 rings (SSSR count). The molecule has 1 saturated heterocycles. The van der Waals surface area contributed by atoms with Crippen molar-refractivity contribution in [3.63, 3.8) is 0 Å². The van der Waals surface area contributed by atoms with Crippen LogP contribution in [0.25, 0.3) is 31.9 Å². The Morgan fingerprint density at radius 3 is 2.47 bits per heavy atom. The van der Waals surface area contributed by atoms with Crippen molar-refractivity contribution in [3.8, 4) is 0 Å². The van der Waals surface area contributed by atoms with Crippen LogP contribution in [0.3, 0.4) is 0 Å². The highest BCUT2D eigenvalue weighted by Crippen LogP contribution is 2.41. The van der Waals surface area contributed by atoms with Crippen molar-refractivity contribution in [2.24, 2.45) is 0 Å². The minimum absolute atomic E-state index is 0.0979. The summed E-state index contributed by atoms with van der Waals surface area (Å²) in [5.41, 5.74) is 1.37. The van der Waals surface area contributed by atoms with Crippen molar-refractivity contribution in [2.75, 3.05) is 35.9 Å². The number of nitrogens with one attached hydrogen (secondary N) is 1. The number of thiazole rings is 1. The average Bonchev–Trinajstić information content (AvgIpc) is 3.30. The van der Waals surface area contributed by atoms with Gasteiger partial charge in [-0.3, -0.25) is 4.72 Å². The van der Waals surface area contributed by atoms with E-state index in [1.807, 2.05) is 0 Å². The molecule has 0 atom stereocenters. The Balaban J connectivity index is 1.54. The Labute approximate surface area is 212 Å². The summed E-state index contributed by atoms with van der Waals surface area (Å²) in [7, 11) is -4.54. The molecule has 1 aliphatic heterocycles. The van der Waals surface area contributed by atoms with E-state index in [9.17, 15) is 17.2 Å². The maximum absolute atomic E-state index is 14.2. The predicted molar refractivity (Wildman–Crippen MR) is 135 cm³/mol. The van der Waals surface area contributed by atoms with E-state index in [1.165, 1.54) is 17.4 Å². The first-order valence-electron chi connectivity index (χ1n) is 10.8. The van der Waals surface area contributed by atoms with Crippen LogP contribution in [0.1, 0.15) is 0 Å². The van der Waals surface area contributed by atoms with Gasteiger partial charge in [0.05, 0.1) is 28.9 Å². The number of rotatable bonds is 4. The number of benzene rings is 3. The quantitative estimate of drug-likeness (QED) is 0.251. The Bertz CT molecular complexity index is 1750. The number of anilines is 2. The molecule has 8 nitrogen and oxygen atoms in total. The summed E-state index contributed by atoms with van der Waals surface area (Å²) in [4.78, 5) is 14.5. The molecule has 2 aromatic heterocycles. The summed E-state index contributed by atoms with van der Waals surface area (Å²) in [6.07, 6.45) is 1.61. The third-order valence-electron chi connectivity index (χ3n) is 5.88. The molecule has 1 fully saturated rings. The minimum atomic E-state index is -4.54. The van der Waals surface area contributed by atoms with Crippen LogP contribution < -0.4 is 9.62 Å². The number of hydrogen-bond donors (Lipinski definition) is 1. The lowest BCUT2D eigenvalue weighted by molar-refractivity contribution is 0.122. The second-order valence-electron chi connectivity index (χ2n) is 8.09. The van der Waals surface area contributed by atoms with E-state index in [0.717, 1.165) is 33.4 Å². The maximum Gasteiger partial charge on any atom is 0.267 e. The van der Waals surface area contributed by atoms with Crippen molar-refractivity contribution >= 4 is 75.7 Å². The zero-order valence-corrected chi connectivity index (χ0v) is 20.7.